The fourth-order valence-electron chi connectivity index (χ4n) is 1.34. The van der Waals surface area contributed by atoms with Crippen LogP contribution in [0.2, 0.25) is 0 Å². The quantitative estimate of drug-likeness (QED) is 0.248. The van der Waals surface area contributed by atoms with Crippen molar-refractivity contribution in [1.82, 2.24) is 5.32 Å². The van der Waals surface area contributed by atoms with E-state index in [-0.39, 0.29) is 17.9 Å². The first-order valence-electron chi connectivity index (χ1n) is 5.39. The van der Waals surface area contributed by atoms with Gasteiger partial charge in [0.05, 0.1) is 11.1 Å². The van der Waals surface area contributed by atoms with Gasteiger partial charge in [0, 0.05) is 12.1 Å². The summed E-state index contributed by atoms with van der Waals surface area (Å²) in [5, 5.41) is 14.4. The Kier molecular flexibility index (Phi) is 4.29. The van der Waals surface area contributed by atoms with Crippen LogP contribution in [0.1, 0.15) is 25.0 Å². The Morgan fingerprint density at radius 2 is 2.28 bits per heavy atom. The number of oxime groups is 1. The zero-order chi connectivity index (χ0) is 13.8. The average Bonchev–Trinajstić information content (AvgIpc) is 2.36. The minimum absolute atomic E-state index is 0.0651. The normalized spacial score (nSPS) is 12.2. The first-order valence-corrected chi connectivity index (χ1v) is 5.39. The maximum atomic E-state index is 14.0. The van der Waals surface area contributed by atoms with Gasteiger partial charge in [-0.1, -0.05) is 23.2 Å². The summed E-state index contributed by atoms with van der Waals surface area (Å²) in [6.07, 6.45) is 5.33. The highest BCUT2D eigenvalue weighted by Gasteiger charge is 2.16. The van der Waals surface area contributed by atoms with Crippen LogP contribution in [0.25, 0.3) is 0 Å². The lowest BCUT2D eigenvalue weighted by atomic mass is 10.0. The van der Waals surface area contributed by atoms with Crippen molar-refractivity contribution in [3.8, 4) is 12.3 Å². The van der Waals surface area contributed by atoms with Gasteiger partial charge in [-0.25, -0.2) is 4.39 Å². The minimum Gasteiger partial charge on any atom is -0.409 e. The highest BCUT2D eigenvalue weighted by molar-refractivity contribution is 5.97. The van der Waals surface area contributed by atoms with E-state index in [2.05, 4.69) is 16.4 Å². The molecular weight excluding hydrogens is 233 g/mol. The van der Waals surface area contributed by atoms with Gasteiger partial charge in [-0.05, 0) is 19.9 Å². The number of rotatable bonds is 4. The van der Waals surface area contributed by atoms with Gasteiger partial charge in [-0.15, -0.1) is 6.42 Å². The van der Waals surface area contributed by atoms with E-state index in [4.69, 9.17) is 17.4 Å². The van der Waals surface area contributed by atoms with Gasteiger partial charge < -0.3 is 10.9 Å². The Morgan fingerprint density at radius 3 is 2.83 bits per heavy atom. The van der Waals surface area contributed by atoms with E-state index in [0.717, 1.165) is 0 Å². The van der Waals surface area contributed by atoms with Crippen molar-refractivity contribution in [2.75, 3.05) is 0 Å². The first-order chi connectivity index (χ1) is 8.41. The fraction of sp³-hybridized carbons (Fsp3) is 0.308. The summed E-state index contributed by atoms with van der Waals surface area (Å²) in [7, 11) is 0. The van der Waals surface area contributed by atoms with Crippen molar-refractivity contribution in [2.45, 2.75) is 25.9 Å². The summed E-state index contributed by atoms with van der Waals surface area (Å²) < 4.78 is 14.0. The second-order valence-corrected chi connectivity index (χ2v) is 4.39. The molecule has 0 aliphatic rings. The van der Waals surface area contributed by atoms with E-state index < -0.39 is 11.4 Å². The Labute approximate surface area is 106 Å². The van der Waals surface area contributed by atoms with Crippen molar-refractivity contribution in [3.63, 3.8) is 0 Å². The second-order valence-electron chi connectivity index (χ2n) is 4.39. The first kappa shape index (κ1) is 14.0. The van der Waals surface area contributed by atoms with E-state index in [1.165, 1.54) is 6.07 Å². The van der Waals surface area contributed by atoms with Crippen LogP contribution >= 0.6 is 0 Å². The van der Waals surface area contributed by atoms with Crippen LogP contribution in [-0.4, -0.2) is 16.6 Å². The summed E-state index contributed by atoms with van der Waals surface area (Å²) in [6, 6.07) is 4.69. The highest BCUT2D eigenvalue weighted by atomic mass is 19.1. The molecule has 0 saturated carbocycles. The van der Waals surface area contributed by atoms with E-state index in [1.54, 1.807) is 12.1 Å². The number of terminal acetylenes is 1. The van der Waals surface area contributed by atoms with Crippen molar-refractivity contribution in [1.29, 1.82) is 0 Å². The predicted molar refractivity (Wildman–Crippen MR) is 68.7 cm³/mol. The van der Waals surface area contributed by atoms with Gasteiger partial charge in [0.25, 0.3) is 0 Å². The molecule has 0 amide bonds. The van der Waals surface area contributed by atoms with Gasteiger partial charge in [-0.2, -0.15) is 0 Å². The summed E-state index contributed by atoms with van der Waals surface area (Å²) in [6.45, 7) is 3.90. The molecule has 0 heterocycles. The van der Waals surface area contributed by atoms with E-state index in [9.17, 15) is 4.39 Å². The Bertz CT molecular complexity index is 503. The second kappa shape index (κ2) is 5.52. The molecule has 0 atom stereocenters. The number of hydrogen-bond acceptors (Lipinski definition) is 3. The standard InChI is InChI=1S/C13H16FN3O/c1-4-13(2,3)16-8-9-6-5-7-10(11(9)14)12(15)17-18/h1,5-7,16,18H,8H2,2-3H3,(H2,15,17). The Morgan fingerprint density at radius 1 is 1.61 bits per heavy atom. The molecule has 1 rings (SSSR count). The van der Waals surface area contributed by atoms with Crippen LogP contribution in [0.4, 0.5) is 4.39 Å². The Hall–Kier alpha value is -2.06. The van der Waals surface area contributed by atoms with Gasteiger partial charge in [0.15, 0.2) is 5.84 Å². The lowest BCUT2D eigenvalue weighted by Gasteiger charge is -2.20. The summed E-state index contributed by atoms with van der Waals surface area (Å²) in [4.78, 5) is 0. The number of nitrogens with two attached hydrogens (primary N) is 1. The maximum Gasteiger partial charge on any atom is 0.173 e. The molecule has 0 radical (unpaired) electrons. The SMILES string of the molecule is C#CC(C)(C)NCc1cccc(/C(N)=N/O)c1F. The largest absolute Gasteiger partial charge is 0.409 e. The third-order valence-electron chi connectivity index (χ3n) is 2.54. The van der Waals surface area contributed by atoms with Gasteiger partial charge in [-0.3, -0.25) is 5.32 Å². The number of benzene rings is 1. The molecule has 0 aromatic heterocycles. The molecule has 0 unspecified atom stereocenters. The van der Waals surface area contributed by atoms with Crippen molar-refractivity contribution < 1.29 is 9.60 Å². The molecule has 1 aromatic rings. The molecule has 5 heteroatoms. The van der Waals surface area contributed by atoms with Gasteiger partial charge in [0.2, 0.25) is 0 Å². The van der Waals surface area contributed by atoms with Crippen molar-refractivity contribution in [2.24, 2.45) is 10.9 Å². The predicted octanol–water partition coefficient (Wildman–Crippen LogP) is 1.42. The summed E-state index contributed by atoms with van der Waals surface area (Å²) in [5.41, 5.74) is 5.32. The molecule has 0 fully saturated rings. The minimum atomic E-state index is -0.529. The topological polar surface area (TPSA) is 70.6 Å². The number of nitrogens with one attached hydrogen (secondary N) is 1. The molecule has 0 saturated heterocycles. The molecule has 4 N–H and O–H groups in total. The van der Waals surface area contributed by atoms with Crippen LogP contribution in [0.3, 0.4) is 0 Å². The van der Waals surface area contributed by atoms with Crippen LogP contribution in [0.5, 0.6) is 0 Å². The van der Waals surface area contributed by atoms with Gasteiger partial charge in [0.1, 0.15) is 5.82 Å². The molecular formula is C13H16FN3O. The smallest absolute Gasteiger partial charge is 0.173 e. The molecule has 0 aliphatic carbocycles. The van der Waals surface area contributed by atoms with Crippen molar-refractivity contribution in [3.05, 3.63) is 35.1 Å². The average molecular weight is 249 g/mol. The highest BCUT2D eigenvalue weighted by Crippen LogP contribution is 2.14. The van der Waals surface area contributed by atoms with Gasteiger partial charge >= 0.3 is 0 Å². The third kappa shape index (κ3) is 3.22. The third-order valence-corrected chi connectivity index (χ3v) is 2.54. The van der Waals surface area contributed by atoms with Crippen LogP contribution < -0.4 is 11.1 Å². The number of halogens is 1. The van der Waals surface area contributed by atoms with Crippen LogP contribution in [-0.2, 0) is 6.54 Å². The van der Waals surface area contributed by atoms with Crippen LogP contribution in [0, 0.1) is 18.2 Å². The number of hydrogen-bond donors (Lipinski definition) is 3. The summed E-state index contributed by atoms with van der Waals surface area (Å²) in [5.74, 6) is 1.78. The fourth-order valence-corrected chi connectivity index (χ4v) is 1.34. The molecule has 18 heavy (non-hydrogen) atoms. The molecule has 0 bridgehead atoms. The molecule has 1 aromatic carbocycles. The molecule has 96 valence electrons. The zero-order valence-electron chi connectivity index (χ0n) is 10.4. The monoisotopic (exact) mass is 249 g/mol. The maximum absolute atomic E-state index is 14.0. The number of amidine groups is 1. The molecule has 0 spiro atoms. The lowest BCUT2D eigenvalue weighted by molar-refractivity contribution is 0.318. The van der Waals surface area contributed by atoms with Crippen LogP contribution in [0.15, 0.2) is 23.4 Å². The zero-order valence-corrected chi connectivity index (χ0v) is 10.4. The summed E-state index contributed by atoms with van der Waals surface area (Å²) >= 11 is 0. The van der Waals surface area contributed by atoms with E-state index in [0.29, 0.717) is 5.56 Å². The molecule has 4 nitrogen and oxygen atoms in total. The van der Waals surface area contributed by atoms with Crippen molar-refractivity contribution >= 4 is 5.84 Å². The van der Waals surface area contributed by atoms with E-state index in [1.807, 2.05) is 13.8 Å². The molecule has 0 aliphatic heterocycles. The number of nitrogens with zero attached hydrogens (tertiary/aromatic N) is 1. The lowest BCUT2D eigenvalue weighted by Crippen LogP contribution is -2.37. The van der Waals surface area contributed by atoms with E-state index >= 15 is 0 Å². The Balaban J connectivity index is 2.96.